The van der Waals surface area contributed by atoms with E-state index in [1.54, 1.807) is 14.2 Å². The minimum Gasteiger partial charge on any atom is -0.497 e. The highest BCUT2D eigenvalue weighted by molar-refractivity contribution is 5.52. The van der Waals surface area contributed by atoms with Crippen LogP contribution in [-0.4, -0.2) is 38.1 Å². The molecule has 5 nitrogen and oxygen atoms in total. The predicted octanol–water partition coefficient (Wildman–Crippen LogP) is 5.21. The third-order valence-electron chi connectivity index (χ3n) is 9.20. The fourth-order valence-electron chi connectivity index (χ4n) is 7.26. The smallest absolute Gasteiger partial charge is 0.119 e. The largest absolute Gasteiger partial charge is 0.497 e. The Bertz CT molecular complexity index is 1000. The van der Waals surface area contributed by atoms with Crippen molar-refractivity contribution in [2.75, 3.05) is 32.3 Å². The van der Waals surface area contributed by atoms with Crippen LogP contribution in [0.1, 0.15) is 45.1 Å². The van der Waals surface area contributed by atoms with E-state index >= 15 is 0 Å². The number of methoxy groups -OCH3 is 2. The van der Waals surface area contributed by atoms with Crippen molar-refractivity contribution in [3.8, 4) is 11.5 Å². The van der Waals surface area contributed by atoms with Crippen molar-refractivity contribution in [1.82, 2.24) is 5.06 Å². The topological polar surface area (TPSA) is 34.2 Å². The molecule has 2 aromatic rings. The van der Waals surface area contributed by atoms with Gasteiger partial charge >= 0.3 is 0 Å². The van der Waals surface area contributed by atoms with Crippen LogP contribution >= 0.6 is 0 Å². The highest BCUT2D eigenvalue weighted by Crippen LogP contribution is 2.68. The molecule has 2 saturated heterocycles. The molecule has 3 saturated carbocycles. The summed E-state index contributed by atoms with van der Waals surface area (Å²) in [6, 6.07) is 17.0. The van der Waals surface area contributed by atoms with Crippen molar-refractivity contribution in [3.05, 3.63) is 54.1 Å². The Morgan fingerprint density at radius 3 is 2.19 bits per heavy atom. The lowest BCUT2D eigenvalue weighted by molar-refractivity contribution is -0.285. The first kappa shape index (κ1) is 20.4. The molecule has 2 aromatic carbocycles. The van der Waals surface area contributed by atoms with E-state index in [4.69, 9.17) is 14.3 Å². The lowest BCUT2D eigenvalue weighted by Gasteiger charge is -2.63. The van der Waals surface area contributed by atoms with E-state index in [1.807, 2.05) is 12.1 Å². The zero-order valence-corrected chi connectivity index (χ0v) is 19.6. The standard InChI is InChI=1S/C27H34N2O3/c1-25(2)20-13-14-27(24(25)15-20)16-26(19-5-9-22(30-3)10-6-19)17-28(18-29(26)32-27)21-7-11-23(31-4)12-8-21/h5-12,20,24H,13-18H2,1-4H3/t20-,24-,26-,27+/m0/s1. The fourth-order valence-corrected chi connectivity index (χ4v) is 7.26. The van der Waals surface area contributed by atoms with E-state index in [9.17, 15) is 0 Å². The van der Waals surface area contributed by atoms with Crippen molar-refractivity contribution in [1.29, 1.82) is 0 Å². The maximum absolute atomic E-state index is 7.05. The molecule has 5 fully saturated rings. The summed E-state index contributed by atoms with van der Waals surface area (Å²) in [7, 11) is 3.44. The van der Waals surface area contributed by atoms with Gasteiger partial charge in [0.1, 0.15) is 11.5 Å². The summed E-state index contributed by atoms with van der Waals surface area (Å²) in [5.74, 6) is 3.29. The van der Waals surface area contributed by atoms with Crippen molar-refractivity contribution in [3.63, 3.8) is 0 Å². The van der Waals surface area contributed by atoms with Crippen LogP contribution in [0.3, 0.4) is 0 Å². The van der Waals surface area contributed by atoms with Gasteiger partial charge in [0.05, 0.1) is 32.0 Å². The van der Waals surface area contributed by atoms with Gasteiger partial charge in [0.2, 0.25) is 0 Å². The van der Waals surface area contributed by atoms with Crippen LogP contribution < -0.4 is 14.4 Å². The van der Waals surface area contributed by atoms with Crippen molar-refractivity contribution in [2.24, 2.45) is 17.3 Å². The second-order valence-electron chi connectivity index (χ2n) is 10.9. The number of anilines is 1. The van der Waals surface area contributed by atoms with Gasteiger partial charge in [0, 0.05) is 18.7 Å². The summed E-state index contributed by atoms with van der Waals surface area (Å²) in [5, 5.41) is 2.31. The summed E-state index contributed by atoms with van der Waals surface area (Å²) >= 11 is 0. The summed E-state index contributed by atoms with van der Waals surface area (Å²) in [6.07, 6.45) is 4.85. The average Bonchev–Trinajstić information content (AvgIpc) is 3.31. The van der Waals surface area contributed by atoms with Gasteiger partial charge in [-0.3, -0.25) is 4.84 Å². The monoisotopic (exact) mass is 434 g/mol. The van der Waals surface area contributed by atoms with Crippen LogP contribution in [0.2, 0.25) is 0 Å². The highest BCUT2D eigenvalue weighted by Gasteiger charge is 2.69. The van der Waals surface area contributed by atoms with Gasteiger partial charge in [-0.2, -0.15) is 5.06 Å². The van der Waals surface area contributed by atoms with E-state index in [2.05, 4.69) is 60.2 Å². The molecule has 7 rings (SSSR count). The third kappa shape index (κ3) is 2.70. The van der Waals surface area contributed by atoms with Gasteiger partial charge in [0.15, 0.2) is 0 Å². The fraction of sp³-hybridized carbons (Fsp3) is 0.556. The Morgan fingerprint density at radius 2 is 1.59 bits per heavy atom. The number of ether oxygens (including phenoxy) is 2. The second-order valence-corrected chi connectivity index (χ2v) is 10.9. The van der Waals surface area contributed by atoms with E-state index in [1.165, 1.54) is 30.5 Å². The average molecular weight is 435 g/mol. The first-order valence-electron chi connectivity index (χ1n) is 11.9. The Labute approximate surface area is 191 Å². The van der Waals surface area contributed by atoms with E-state index in [-0.39, 0.29) is 11.1 Å². The van der Waals surface area contributed by atoms with Gasteiger partial charge in [-0.1, -0.05) is 26.0 Å². The minimum atomic E-state index is -0.148. The van der Waals surface area contributed by atoms with Crippen LogP contribution in [0.15, 0.2) is 48.5 Å². The van der Waals surface area contributed by atoms with Crippen molar-refractivity contribution >= 4 is 5.69 Å². The molecule has 0 unspecified atom stereocenters. The molecule has 0 aromatic heterocycles. The summed E-state index contributed by atoms with van der Waals surface area (Å²) in [5.41, 5.74) is 2.73. The molecule has 2 heterocycles. The van der Waals surface area contributed by atoms with Crippen LogP contribution in [0.5, 0.6) is 11.5 Å². The molecular weight excluding hydrogens is 400 g/mol. The molecular formula is C27H34N2O3. The van der Waals surface area contributed by atoms with Crippen LogP contribution in [0.4, 0.5) is 5.69 Å². The number of rotatable bonds is 4. The van der Waals surface area contributed by atoms with Crippen LogP contribution in [-0.2, 0) is 10.4 Å². The molecule has 4 atom stereocenters. The molecule has 3 aliphatic carbocycles. The first-order chi connectivity index (χ1) is 15.4. The first-order valence-corrected chi connectivity index (χ1v) is 11.9. The number of hydroxylamine groups is 2. The SMILES string of the molecule is COc1ccc(N2CN3O[C@]4(CC[C@H]5C[C@H]4C5(C)C)C[C@@]3(c3ccc(OC)cc3)C2)cc1. The Kier molecular flexibility index (Phi) is 4.38. The normalized spacial score (nSPS) is 34.9. The lowest BCUT2D eigenvalue weighted by Crippen LogP contribution is -2.62. The van der Waals surface area contributed by atoms with Gasteiger partial charge in [0.25, 0.3) is 0 Å². The molecule has 170 valence electrons. The maximum atomic E-state index is 7.05. The third-order valence-corrected chi connectivity index (χ3v) is 9.20. The molecule has 0 N–H and O–H groups in total. The number of hydrogen-bond acceptors (Lipinski definition) is 5. The molecule has 2 aliphatic heterocycles. The number of benzene rings is 2. The van der Waals surface area contributed by atoms with Crippen LogP contribution in [0, 0.1) is 17.3 Å². The molecule has 0 radical (unpaired) electrons. The van der Waals surface area contributed by atoms with E-state index in [0.29, 0.717) is 11.3 Å². The summed E-state index contributed by atoms with van der Waals surface area (Å²) in [4.78, 5) is 9.48. The molecule has 32 heavy (non-hydrogen) atoms. The zero-order valence-electron chi connectivity index (χ0n) is 19.6. The quantitative estimate of drug-likeness (QED) is 0.660. The minimum absolute atomic E-state index is 0.0375. The molecule has 2 bridgehead atoms. The molecule has 5 heteroatoms. The van der Waals surface area contributed by atoms with Gasteiger partial charge in [-0.05, 0) is 78.5 Å². The summed E-state index contributed by atoms with van der Waals surface area (Å²) in [6.45, 7) is 6.62. The van der Waals surface area contributed by atoms with Crippen molar-refractivity contribution < 1.29 is 14.3 Å². The van der Waals surface area contributed by atoms with E-state index in [0.717, 1.165) is 37.1 Å². The Hall–Kier alpha value is -2.24. The number of hydrogen-bond donors (Lipinski definition) is 0. The Morgan fingerprint density at radius 1 is 0.938 bits per heavy atom. The zero-order chi connectivity index (χ0) is 22.1. The van der Waals surface area contributed by atoms with Gasteiger partial charge < -0.3 is 14.4 Å². The van der Waals surface area contributed by atoms with Gasteiger partial charge in [-0.25, -0.2) is 0 Å². The predicted molar refractivity (Wildman–Crippen MR) is 125 cm³/mol. The lowest BCUT2D eigenvalue weighted by atomic mass is 9.43. The maximum Gasteiger partial charge on any atom is 0.119 e. The highest BCUT2D eigenvalue weighted by atomic mass is 16.7. The summed E-state index contributed by atoms with van der Waals surface area (Å²) < 4.78 is 10.8. The van der Waals surface area contributed by atoms with Gasteiger partial charge in [-0.15, -0.1) is 0 Å². The molecule has 1 spiro atoms. The van der Waals surface area contributed by atoms with E-state index < -0.39 is 0 Å². The van der Waals surface area contributed by atoms with Crippen LogP contribution in [0.25, 0.3) is 0 Å². The number of nitrogens with zero attached hydrogens (tertiary/aromatic N) is 2. The number of fused-ring (bicyclic) bond motifs is 2. The Balaban J connectivity index is 1.37. The molecule has 5 aliphatic rings. The second kappa shape index (κ2) is 6.88. The van der Waals surface area contributed by atoms with Crippen molar-refractivity contribution in [2.45, 2.75) is 50.7 Å². The molecule has 0 amide bonds.